The van der Waals surface area contributed by atoms with Crippen LogP contribution in [0.3, 0.4) is 0 Å². The van der Waals surface area contributed by atoms with Crippen LogP contribution in [-0.4, -0.2) is 47.0 Å². The number of fused-ring (bicyclic) bond motifs is 1. The molecule has 1 fully saturated rings. The fraction of sp³-hybridized carbons (Fsp3) is 0.524. The minimum atomic E-state index is -0.531. The van der Waals surface area contributed by atoms with Crippen LogP contribution in [0.4, 0.5) is 4.79 Å². The fourth-order valence-electron chi connectivity index (χ4n) is 3.57. The lowest BCUT2D eigenvalue weighted by Crippen LogP contribution is -2.41. The summed E-state index contributed by atoms with van der Waals surface area (Å²) < 4.78 is 6.94. The van der Waals surface area contributed by atoms with Crippen molar-refractivity contribution >= 4 is 34.6 Å². The number of aromatic nitrogens is 2. The first kappa shape index (κ1) is 22.3. The molecule has 0 unspecified atom stereocenters. The molecular weight excluding hydrogens is 404 g/mol. The van der Waals surface area contributed by atoms with Gasteiger partial charge in [-0.2, -0.15) is 0 Å². The summed E-state index contributed by atoms with van der Waals surface area (Å²) in [6.07, 6.45) is 4.71. The highest BCUT2D eigenvalue weighted by Crippen LogP contribution is 2.32. The van der Waals surface area contributed by atoms with Gasteiger partial charge in [-0.15, -0.1) is 0 Å². The van der Waals surface area contributed by atoms with Gasteiger partial charge in [0, 0.05) is 25.8 Å². The lowest BCUT2D eigenvalue weighted by atomic mass is 10.2. The van der Waals surface area contributed by atoms with Crippen molar-refractivity contribution in [2.24, 2.45) is 0 Å². The first-order valence-electron chi connectivity index (χ1n) is 10.4. The van der Waals surface area contributed by atoms with Crippen molar-refractivity contribution in [1.29, 1.82) is 0 Å². The molecule has 0 aliphatic heterocycles. The van der Waals surface area contributed by atoms with E-state index in [1.54, 1.807) is 16.7 Å². The minimum absolute atomic E-state index is 0.00384. The van der Waals surface area contributed by atoms with E-state index >= 15 is 0 Å². The lowest BCUT2D eigenvalue weighted by Gasteiger charge is -2.18. The van der Waals surface area contributed by atoms with E-state index in [0.717, 1.165) is 25.7 Å². The number of carbonyl (C=O) groups excluding carboxylic acids is 2. The van der Waals surface area contributed by atoms with E-state index in [1.165, 1.54) is 11.8 Å². The highest BCUT2D eigenvalue weighted by Gasteiger charge is 2.23. The van der Waals surface area contributed by atoms with Crippen molar-refractivity contribution in [2.45, 2.75) is 50.2 Å². The van der Waals surface area contributed by atoms with Gasteiger partial charge in [0.05, 0.1) is 16.7 Å². The Kier molecular flexibility index (Phi) is 8.27. The number of nitrogens with one attached hydrogen (secondary N) is 2. The topological polar surface area (TPSA) is 102 Å². The number of benzene rings is 1. The monoisotopic (exact) mass is 432 g/mol. The molecule has 0 atom stereocenters. The maximum absolute atomic E-state index is 13.1. The number of hydrogen-bond acceptors (Lipinski definition) is 6. The van der Waals surface area contributed by atoms with Crippen molar-refractivity contribution in [3.05, 3.63) is 34.6 Å². The Labute approximate surface area is 179 Å². The van der Waals surface area contributed by atoms with Crippen LogP contribution in [0.15, 0.2) is 34.2 Å². The van der Waals surface area contributed by atoms with Crippen LogP contribution in [0.1, 0.15) is 45.1 Å². The Morgan fingerprint density at radius 1 is 1.27 bits per heavy atom. The SMILES string of the molecule is CCOCCCNC(=O)NC(=O)CSc1nc2ccccc2c(=O)n1C1CCCC1. The molecule has 0 bridgehead atoms. The third kappa shape index (κ3) is 5.82. The molecule has 1 saturated carbocycles. The Bertz CT molecular complexity index is 940. The Balaban J connectivity index is 1.63. The van der Waals surface area contributed by atoms with Crippen LogP contribution in [0.25, 0.3) is 10.9 Å². The zero-order valence-corrected chi connectivity index (χ0v) is 18.0. The molecule has 1 aliphatic carbocycles. The highest BCUT2D eigenvalue weighted by atomic mass is 32.2. The van der Waals surface area contributed by atoms with Gasteiger partial charge in [0.25, 0.3) is 5.56 Å². The second-order valence-electron chi connectivity index (χ2n) is 7.17. The molecule has 2 aromatic rings. The number of thioether (sulfide) groups is 1. The van der Waals surface area contributed by atoms with Gasteiger partial charge in [0.15, 0.2) is 5.16 Å². The zero-order chi connectivity index (χ0) is 21.3. The average Bonchev–Trinajstić information content (AvgIpc) is 3.26. The Morgan fingerprint density at radius 3 is 2.80 bits per heavy atom. The average molecular weight is 433 g/mol. The van der Waals surface area contributed by atoms with Crippen LogP contribution >= 0.6 is 11.8 Å². The highest BCUT2D eigenvalue weighted by molar-refractivity contribution is 7.99. The van der Waals surface area contributed by atoms with E-state index in [9.17, 15) is 14.4 Å². The van der Waals surface area contributed by atoms with Gasteiger partial charge in [0.1, 0.15) is 0 Å². The van der Waals surface area contributed by atoms with E-state index in [2.05, 4.69) is 15.6 Å². The lowest BCUT2D eigenvalue weighted by molar-refractivity contribution is -0.117. The molecular formula is C21H28N4O4S. The van der Waals surface area contributed by atoms with E-state index in [1.807, 2.05) is 19.1 Å². The maximum Gasteiger partial charge on any atom is 0.321 e. The molecule has 30 heavy (non-hydrogen) atoms. The van der Waals surface area contributed by atoms with Gasteiger partial charge in [-0.1, -0.05) is 36.7 Å². The van der Waals surface area contributed by atoms with Gasteiger partial charge in [0.2, 0.25) is 5.91 Å². The van der Waals surface area contributed by atoms with Crippen molar-refractivity contribution in [3.63, 3.8) is 0 Å². The van der Waals surface area contributed by atoms with Gasteiger partial charge >= 0.3 is 6.03 Å². The summed E-state index contributed by atoms with van der Waals surface area (Å²) in [6, 6.07) is 6.83. The minimum Gasteiger partial charge on any atom is -0.382 e. The number of urea groups is 1. The fourth-order valence-corrected chi connectivity index (χ4v) is 4.44. The molecule has 3 rings (SSSR count). The largest absolute Gasteiger partial charge is 0.382 e. The molecule has 1 aromatic carbocycles. The molecule has 8 nitrogen and oxygen atoms in total. The predicted molar refractivity (Wildman–Crippen MR) is 117 cm³/mol. The number of amides is 3. The standard InChI is InChI=1S/C21H28N4O4S/c1-2-29-13-7-12-22-20(28)24-18(26)14-30-21-23-17-11-6-5-10-16(17)19(27)25(21)15-8-3-4-9-15/h5-6,10-11,15H,2-4,7-9,12-14H2,1H3,(H2,22,24,26,28). The summed E-state index contributed by atoms with van der Waals surface area (Å²) >= 11 is 1.19. The molecule has 1 aromatic heterocycles. The third-order valence-electron chi connectivity index (χ3n) is 5.01. The number of nitrogens with zero attached hydrogens (tertiary/aromatic N) is 2. The van der Waals surface area contributed by atoms with Gasteiger partial charge in [-0.05, 0) is 38.3 Å². The number of rotatable bonds is 9. The molecule has 0 radical (unpaired) electrons. The molecule has 3 amide bonds. The second kappa shape index (κ2) is 11.1. The summed E-state index contributed by atoms with van der Waals surface area (Å²) in [5.41, 5.74) is 0.550. The molecule has 162 valence electrons. The van der Waals surface area contributed by atoms with Crippen molar-refractivity contribution in [1.82, 2.24) is 20.2 Å². The summed E-state index contributed by atoms with van der Waals surface area (Å²) in [5.74, 6) is -0.424. The van der Waals surface area contributed by atoms with E-state index < -0.39 is 11.9 Å². The normalized spacial score (nSPS) is 14.2. The van der Waals surface area contributed by atoms with Crippen molar-refractivity contribution in [3.8, 4) is 0 Å². The number of ether oxygens (including phenoxy) is 1. The number of hydrogen-bond donors (Lipinski definition) is 2. The zero-order valence-electron chi connectivity index (χ0n) is 17.2. The smallest absolute Gasteiger partial charge is 0.321 e. The maximum atomic E-state index is 13.1. The Morgan fingerprint density at radius 2 is 2.03 bits per heavy atom. The predicted octanol–water partition coefficient (Wildman–Crippen LogP) is 2.86. The summed E-state index contributed by atoms with van der Waals surface area (Å²) in [7, 11) is 0. The van der Waals surface area contributed by atoms with E-state index in [0.29, 0.717) is 42.2 Å². The Hall–Kier alpha value is -2.39. The molecule has 1 heterocycles. The molecule has 2 N–H and O–H groups in total. The number of carbonyl (C=O) groups is 2. The quantitative estimate of drug-likeness (QED) is 0.359. The van der Waals surface area contributed by atoms with Gasteiger partial charge in [-0.3, -0.25) is 19.5 Å². The molecule has 0 spiro atoms. The van der Waals surface area contributed by atoms with Crippen molar-refractivity contribution in [2.75, 3.05) is 25.5 Å². The first-order chi connectivity index (χ1) is 14.6. The van der Waals surface area contributed by atoms with E-state index in [-0.39, 0.29) is 17.4 Å². The van der Waals surface area contributed by atoms with Gasteiger partial charge in [-0.25, -0.2) is 9.78 Å². The van der Waals surface area contributed by atoms with Crippen LogP contribution < -0.4 is 16.2 Å². The number of para-hydroxylation sites is 1. The van der Waals surface area contributed by atoms with Crippen LogP contribution in [-0.2, 0) is 9.53 Å². The van der Waals surface area contributed by atoms with Crippen LogP contribution in [0, 0.1) is 0 Å². The number of imide groups is 1. The van der Waals surface area contributed by atoms with Gasteiger partial charge < -0.3 is 10.1 Å². The van der Waals surface area contributed by atoms with Crippen molar-refractivity contribution < 1.29 is 14.3 Å². The first-order valence-corrected chi connectivity index (χ1v) is 11.4. The molecule has 1 aliphatic rings. The second-order valence-corrected chi connectivity index (χ2v) is 8.11. The summed E-state index contributed by atoms with van der Waals surface area (Å²) in [6.45, 7) is 3.54. The van der Waals surface area contributed by atoms with Crippen LogP contribution in [0.2, 0.25) is 0 Å². The van der Waals surface area contributed by atoms with E-state index in [4.69, 9.17) is 4.74 Å². The summed E-state index contributed by atoms with van der Waals surface area (Å²) in [5, 5.41) is 6.06. The third-order valence-corrected chi connectivity index (χ3v) is 5.96. The molecule has 0 saturated heterocycles. The molecule has 9 heteroatoms. The van der Waals surface area contributed by atoms with Crippen LogP contribution in [0.5, 0.6) is 0 Å². The summed E-state index contributed by atoms with van der Waals surface area (Å²) in [4.78, 5) is 41.8.